The lowest BCUT2D eigenvalue weighted by Crippen LogP contribution is -2.38. The minimum atomic E-state index is -3.65. The minimum Gasteiger partial charge on any atom is -0.481 e. The van der Waals surface area contributed by atoms with Crippen molar-refractivity contribution in [2.45, 2.75) is 43.5 Å². The summed E-state index contributed by atoms with van der Waals surface area (Å²) in [6.45, 7) is 1.42. The number of carbonyl (C=O) groups excluding carboxylic acids is 1. The van der Waals surface area contributed by atoms with Crippen molar-refractivity contribution in [3.8, 4) is 0 Å². The number of hydrogen-bond acceptors (Lipinski definition) is 4. The lowest BCUT2D eigenvalue weighted by atomic mass is 9.87. The first-order chi connectivity index (χ1) is 10.3. The van der Waals surface area contributed by atoms with E-state index >= 15 is 0 Å². The van der Waals surface area contributed by atoms with Gasteiger partial charge in [-0.3, -0.25) is 9.59 Å². The maximum Gasteiger partial charge on any atom is 0.306 e. The maximum absolute atomic E-state index is 12.3. The molecule has 1 aromatic rings. The first-order valence-electron chi connectivity index (χ1n) is 7.16. The average Bonchev–Trinajstić information content (AvgIpc) is 2.47. The number of ketones is 1. The minimum absolute atomic E-state index is 0.109. The van der Waals surface area contributed by atoms with Crippen molar-refractivity contribution in [1.29, 1.82) is 0 Å². The van der Waals surface area contributed by atoms with Crippen LogP contribution in [0.25, 0.3) is 0 Å². The van der Waals surface area contributed by atoms with Crippen molar-refractivity contribution in [2.24, 2.45) is 5.92 Å². The molecule has 0 unspecified atom stereocenters. The van der Waals surface area contributed by atoms with Crippen molar-refractivity contribution in [3.63, 3.8) is 0 Å². The molecule has 1 aromatic carbocycles. The molecule has 0 spiro atoms. The fourth-order valence-electron chi connectivity index (χ4n) is 2.61. The normalized spacial score (nSPS) is 22.2. The molecule has 1 aliphatic rings. The van der Waals surface area contributed by atoms with E-state index in [1.54, 1.807) is 0 Å². The lowest BCUT2D eigenvalue weighted by Gasteiger charge is -2.26. The topological polar surface area (TPSA) is 101 Å². The molecule has 0 heterocycles. The molecule has 0 radical (unpaired) electrons. The van der Waals surface area contributed by atoms with E-state index in [0.717, 1.165) is 0 Å². The van der Waals surface area contributed by atoms with Crippen LogP contribution in [-0.2, 0) is 14.8 Å². The summed E-state index contributed by atoms with van der Waals surface area (Å²) in [6, 6.07) is 5.54. The number of carbonyl (C=O) groups is 2. The van der Waals surface area contributed by atoms with Gasteiger partial charge in [-0.05, 0) is 44.7 Å². The molecule has 0 aromatic heterocycles. The van der Waals surface area contributed by atoms with Crippen LogP contribution in [0.5, 0.6) is 0 Å². The Bertz CT molecular complexity index is 658. The van der Waals surface area contributed by atoms with Crippen molar-refractivity contribution in [1.82, 2.24) is 4.72 Å². The SMILES string of the molecule is CC(=O)c1ccc(S(=O)(=O)NC2CCC(C(=O)O)CC2)cc1. The van der Waals surface area contributed by atoms with Gasteiger partial charge in [0.1, 0.15) is 0 Å². The number of sulfonamides is 1. The van der Waals surface area contributed by atoms with Gasteiger partial charge in [-0.15, -0.1) is 0 Å². The molecule has 0 atom stereocenters. The van der Waals surface area contributed by atoms with Gasteiger partial charge in [-0.2, -0.15) is 0 Å². The van der Waals surface area contributed by atoms with Gasteiger partial charge < -0.3 is 5.11 Å². The first kappa shape index (κ1) is 16.6. The Balaban J connectivity index is 2.02. The zero-order chi connectivity index (χ0) is 16.3. The largest absolute Gasteiger partial charge is 0.481 e. The van der Waals surface area contributed by atoms with Crippen LogP contribution in [0.3, 0.4) is 0 Å². The molecule has 0 aliphatic heterocycles. The predicted octanol–water partition coefficient (Wildman–Crippen LogP) is 1.81. The van der Waals surface area contributed by atoms with Gasteiger partial charge in [0.2, 0.25) is 10.0 Å². The van der Waals surface area contributed by atoms with Crippen molar-refractivity contribution in [3.05, 3.63) is 29.8 Å². The summed E-state index contributed by atoms with van der Waals surface area (Å²) in [5.41, 5.74) is 0.459. The van der Waals surface area contributed by atoms with E-state index in [4.69, 9.17) is 5.11 Å². The molecule has 0 saturated heterocycles. The van der Waals surface area contributed by atoms with Gasteiger partial charge in [0.15, 0.2) is 5.78 Å². The number of carboxylic acids is 1. The Kier molecular flexibility index (Phi) is 4.97. The van der Waals surface area contributed by atoms with Crippen molar-refractivity contribution in [2.75, 3.05) is 0 Å². The van der Waals surface area contributed by atoms with Gasteiger partial charge >= 0.3 is 5.97 Å². The first-order valence-corrected chi connectivity index (χ1v) is 8.64. The molecule has 0 bridgehead atoms. The molecular weight excluding hydrogens is 306 g/mol. The molecule has 1 fully saturated rings. The van der Waals surface area contributed by atoms with Crippen LogP contribution < -0.4 is 4.72 Å². The van der Waals surface area contributed by atoms with E-state index in [1.165, 1.54) is 31.2 Å². The van der Waals surface area contributed by atoms with E-state index in [9.17, 15) is 18.0 Å². The molecule has 6 nitrogen and oxygen atoms in total. The number of benzene rings is 1. The van der Waals surface area contributed by atoms with E-state index < -0.39 is 16.0 Å². The number of rotatable bonds is 5. The van der Waals surface area contributed by atoms with E-state index in [-0.39, 0.29) is 22.6 Å². The summed E-state index contributed by atoms with van der Waals surface area (Å²) >= 11 is 0. The molecule has 1 saturated carbocycles. The second kappa shape index (κ2) is 6.58. The summed E-state index contributed by atoms with van der Waals surface area (Å²) in [5, 5.41) is 8.94. The monoisotopic (exact) mass is 325 g/mol. The lowest BCUT2D eigenvalue weighted by molar-refractivity contribution is -0.142. The smallest absolute Gasteiger partial charge is 0.306 e. The molecule has 22 heavy (non-hydrogen) atoms. The maximum atomic E-state index is 12.3. The van der Waals surface area contributed by atoms with Crippen LogP contribution in [0.15, 0.2) is 29.2 Å². The molecular formula is C15H19NO5S. The predicted molar refractivity (Wildman–Crippen MR) is 80.1 cm³/mol. The van der Waals surface area contributed by atoms with E-state index in [0.29, 0.717) is 31.2 Å². The summed E-state index contributed by atoms with van der Waals surface area (Å²) in [4.78, 5) is 22.2. The average molecular weight is 325 g/mol. The van der Waals surface area contributed by atoms with Crippen LogP contribution in [0.1, 0.15) is 43.0 Å². The third kappa shape index (κ3) is 3.92. The van der Waals surface area contributed by atoms with Gasteiger partial charge in [-0.25, -0.2) is 13.1 Å². The highest BCUT2D eigenvalue weighted by Crippen LogP contribution is 2.25. The second-order valence-electron chi connectivity index (χ2n) is 5.59. The van der Waals surface area contributed by atoms with Crippen LogP contribution in [0, 0.1) is 5.92 Å². The van der Waals surface area contributed by atoms with E-state index in [1.807, 2.05) is 0 Å². The highest BCUT2D eigenvalue weighted by Gasteiger charge is 2.28. The molecule has 2 rings (SSSR count). The quantitative estimate of drug-likeness (QED) is 0.804. The fourth-order valence-corrected chi connectivity index (χ4v) is 3.92. The summed E-state index contributed by atoms with van der Waals surface area (Å²) in [6.07, 6.45) is 1.99. The van der Waals surface area contributed by atoms with Gasteiger partial charge in [-0.1, -0.05) is 12.1 Å². The van der Waals surface area contributed by atoms with Crippen molar-refractivity contribution < 1.29 is 23.1 Å². The standard InChI is InChI=1S/C15H19NO5S/c1-10(17)11-4-8-14(9-5-11)22(20,21)16-13-6-2-12(3-7-13)15(18)19/h4-5,8-9,12-13,16H,2-3,6-7H2,1H3,(H,18,19). The highest BCUT2D eigenvalue weighted by molar-refractivity contribution is 7.89. The Morgan fingerprint density at radius 2 is 1.64 bits per heavy atom. The Morgan fingerprint density at radius 3 is 2.09 bits per heavy atom. The highest BCUT2D eigenvalue weighted by atomic mass is 32.2. The summed E-state index contributed by atoms with van der Waals surface area (Å²) < 4.78 is 27.2. The molecule has 1 aliphatic carbocycles. The zero-order valence-corrected chi connectivity index (χ0v) is 13.1. The Labute approximate surface area is 129 Å². The van der Waals surface area contributed by atoms with Gasteiger partial charge in [0, 0.05) is 11.6 Å². The number of nitrogens with one attached hydrogen (secondary N) is 1. The summed E-state index contributed by atoms with van der Waals surface area (Å²) in [5.74, 6) is -1.32. The molecule has 2 N–H and O–H groups in total. The fraction of sp³-hybridized carbons (Fsp3) is 0.467. The Morgan fingerprint density at radius 1 is 1.09 bits per heavy atom. The second-order valence-corrected chi connectivity index (χ2v) is 7.30. The summed E-state index contributed by atoms with van der Waals surface area (Å²) in [7, 11) is -3.65. The number of Topliss-reactive ketones (excluding diaryl/α,β-unsaturated/α-hetero) is 1. The third-order valence-corrected chi connectivity index (χ3v) is 5.51. The van der Waals surface area contributed by atoms with Gasteiger partial charge in [0.25, 0.3) is 0 Å². The Hall–Kier alpha value is -1.73. The van der Waals surface area contributed by atoms with E-state index in [2.05, 4.69) is 4.72 Å². The van der Waals surface area contributed by atoms with Gasteiger partial charge in [0.05, 0.1) is 10.8 Å². The number of hydrogen-bond donors (Lipinski definition) is 2. The van der Waals surface area contributed by atoms with Crippen LogP contribution >= 0.6 is 0 Å². The van der Waals surface area contributed by atoms with Crippen LogP contribution in [-0.4, -0.2) is 31.3 Å². The number of carboxylic acid groups (broad SMARTS) is 1. The third-order valence-electron chi connectivity index (χ3n) is 3.97. The zero-order valence-electron chi connectivity index (χ0n) is 12.3. The molecule has 0 amide bonds. The molecule has 7 heteroatoms. The van der Waals surface area contributed by atoms with Crippen LogP contribution in [0.4, 0.5) is 0 Å². The molecule has 120 valence electrons. The number of aliphatic carboxylic acids is 1. The van der Waals surface area contributed by atoms with Crippen molar-refractivity contribution >= 4 is 21.8 Å². The van der Waals surface area contributed by atoms with Crippen LogP contribution in [0.2, 0.25) is 0 Å².